The second kappa shape index (κ2) is 11.7. The number of alkyl halides is 1. The minimum Gasteiger partial charge on any atom is -0.462 e. The van der Waals surface area contributed by atoms with Crippen LogP contribution in [-0.2, 0) is 11.3 Å². The molecule has 2 N–H and O–H groups in total. The topological polar surface area (TPSA) is 55.6 Å². The Bertz CT molecular complexity index is 701. The summed E-state index contributed by atoms with van der Waals surface area (Å²) in [6, 6.07) is 4.33. The van der Waals surface area contributed by atoms with Gasteiger partial charge in [-0.15, -0.1) is 11.6 Å². The first-order valence-electron chi connectivity index (χ1n) is 11.6. The highest BCUT2D eigenvalue weighted by molar-refractivity contribution is 9.10. The monoisotopic (exact) mass is 498 g/mol. The minimum absolute atomic E-state index is 0.253. The zero-order chi connectivity index (χ0) is 21.5. The molecule has 0 atom stereocenters. The van der Waals surface area contributed by atoms with E-state index >= 15 is 0 Å². The second-order valence-electron chi connectivity index (χ2n) is 9.03. The molecule has 2 fully saturated rings. The average Bonchev–Trinajstić information content (AvgIpc) is 2.79. The van der Waals surface area contributed by atoms with Gasteiger partial charge in [0.15, 0.2) is 0 Å². The molecule has 6 heteroatoms. The van der Waals surface area contributed by atoms with Gasteiger partial charge in [0.25, 0.3) is 0 Å². The van der Waals surface area contributed by atoms with Crippen LogP contribution >= 0.6 is 27.5 Å². The van der Waals surface area contributed by atoms with Gasteiger partial charge in [0, 0.05) is 22.9 Å². The Kier molecular flexibility index (Phi) is 9.33. The van der Waals surface area contributed by atoms with Crippen molar-refractivity contribution in [1.82, 2.24) is 4.90 Å². The van der Waals surface area contributed by atoms with Crippen molar-refractivity contribution in [2.45, 2.75) is 77.3 Å². The van der Waals surface area contributed by atoms with Gasteiger partial charge in [0.1, 0.15) is 0 Å². The summed E-state index contributed by atoms with van der Waals surface area (Å²) in [6.07, 6.45) is 10.9. The van der Waals surface area contributed by atoms with Crippen molar-refractivity contribution in [2.24, 2.45) is 11.8 Å². The lowest BCUT2D eigenvalue weighted by Crippen LogP contribution is -2.36. The third kappa shape index (κ3) is 6.37. The molecular formula is C24H36BrClN2O2. The minimum atomic E-state index is -0.253. The first kappa shape index (κ1) is 23.9. The molecule has 0 unspecified atom stereocenters. The maximum Gasteiger partial charge on any atom is 0.338 e. The van der Waals surface area contributed by atoms with Gasteiger partial charge in [-0.25, -0.2) is 4.79 Å². The van der Waals surface area contributed by atoms with Gasteiger partial charge in [-0.1, -0.05) is 26.2 Å². The van der Waals surface area contributed by atoms with Crippen molar-refractivity contribution in [2.75, 3.05) is 24.8 Å². The molecule has 0 saturated heterocycles. The molecule has 2 aliphatic carbocycles. The van der Waals surface area contributed by atoms with Crippen LogP contribution in [0.3, 0.4) is 0 Å². The normalized spacial score (nSPS) is 22.9. The molecule has 0 heterocycles. The number of carbonyl (C=O) groups is 1. The van der Waals surface area contributed by atoms with Crippen LogP contribution in [0.2, 0.25) is 0 Å². The predicted molar refractivity (Wildman–Crippen MR) is 128 cm³/mol. The fourth-order valence-electron chi connectivity index (χ4n) is 4.92. The van der Waals surface area contributed by atoms with Crippen LogP contribution in [0.15, 0.2) is 16.6 Å². The number of hydrogen-bond donors (Lipinski definition) is 1. The van der Waals surface area contributed by atoms with Crippen LogP contribution in [0, 0.1) is 11.8 Å². The lowest BCUT2D eigenvalue weighted by molar-refractivity contribution is 0.0398. The number of nitrogens with zero attached hydrogens (tertiary/aromatic N) is 1. The number of benzene rings is 1. The van der Waals surface area contributed by atoms with Crippen molar-refractivity contribution in [3.8, 4) is 0 Å². The highest BCUT2D eigenvalue weighted by Gasteiger charge is 2.24. The average molecular weight is 500 g/mol. The van der Waals surface area contributed by atoms with Gasteiger partial charge in [-0.3, -0.25) is 4.90 Å². The molecule has 0 aromatic heterocycles. The third-order valence-electron chi connectivity index (χ3n) is 6.96. The van der Waals surface area contributed by atoms with Gasteiger partial charge >= 0.3 is 5.97 Å². The van der Waals surface area contributed by atoms with Crippen molar-refractivity contribution in [3.63, 3.8) is 0 Å². The van der Waals surface area contributed by atoms with E-state index in [2.05, 4.69) is 27.8 Å². The Morgan fingerprint density at radius 2 is 1.80 bits per heavy atom. The summed E-state index contributed by atoms with van der Waals surface area (Å²) in [5.41, 5.74) is 8.68. The number of nitrogens with two attached hydrogens (primary N) is 1. The summed E-state index contributed by atoms with van der Waals surface area (Å²) >= 11 is 9.52. The summed E-state index contributed by atoms with van der Waals surface area (Å²) in [7, 11) is 0. The Balaban J connectivity index is 1.62. The second-order valence-corrected chi connectivity index (χ2v) is 10.2. The number of hydrogen-bond acceptors (Lipinski definition) is 4. The SMILES string of the molecule is CCN(Cc1cc(C(=O)OCC2CCC(CCl)CC2)cc(Br)c1N)C1CCCCC1. The van der Waals surface area contributed by atoms with E-state index in [4.69, 9.17) is 22.1 Å². The summed E-state index contributed by atoms with van der Waals surface area (Å²) < 4.78 is 6.46. The van der Waals surface area contributed by atoms with Crippen LogP contribution in [-0.4, -0.2) is 35.9 Å². The molecule has 0 aliphatic heterocycles. The summed E-state index contributed by atoms with van der Waals surface area (Å²) in [5.74, 6) is 1.56. The highest BCUT2D eigenvalue weighted by atomic mass is 79.9. The van der Waals surface area contributed by atoms with E-state index in [-0.39, 0.29) is 5.97 Å². The lowest BCUT2D eigenvalue weighted by atomic mass is 9.83. The first-order valence-corrected chi connectivity index (χ1v) is 12.9. The van der Waals surface area contributed by atoms with Gasteiger partial charge < -0.3 is 10.5 Å². The van der Waals surface area contributed by atoms with Crippen molar-refractivity contribution in [1.29, 1.82) is 0 Å². The van der Waals surface area contributed by atoms with Crippen LogP contribution < -0.4 is 5.73 Å². The summed E-state index contributed by atoms with van der Waals surface area (Å²) in [4.78, 5) is 15.3. The molecular weight excluding hydrogens is 464 g/mol. The molecule has 2 aliphatic rings. The largest absolute Gasteiger partial charge is 0.462 e. The van der Waals surface area contributed by atoms with Gasteiger partial charge in [-0.05, 0) is 90.5 Å². The van der Waals surface area contributed by atoms with E-state index in [1.165, 1.54) is 32.1 Å². The maximum atomic E-state index is 12.8. The van der Waals surface area contributed by atoms with Gasteiger partial charge in [0.2, 0.25) is 0 Å². The van der Waals surface area contributed by atoms with Crippen LogP contribution in [0.1, 0.15) is 80.6 Å². The Morgan fingerprint density at radius 1 is 1.13 bits per heavy atom. The standard InChI is InChI=1S/C24H36BrClN2O2/c1-2-28(21-6-4-3-5-7-21)15-20-12-19(13-22(25)23(20)27)24(29)30-16-18-10-8-17(14-26)9-11-18/h12-13,17-18,21H,2-11,14-16,27H2,1H3. The number of rotatable bonds is 8. The number of halogens is 2. The number of anilines is 1. The van der Waals surface area contributed by atoms with Crippen molar-refractivity contribution >= 4 is 39.2 Å². The van der Waals surface area contributed by atoms with E-state index in [9.17, 15) is 4.79 Å². The Morgan fingerprint density at radius 3 is 2.43 bits per heavy atom. The van der Waals surface area contributed by atoms with E-state index in [1.807, 2.05) is 6.07 Å². The summed E-state index contributed by atoms with van der Waals surface area (Å²) in [5, 5.41) is 0. The van der Waals surface area contributed by atoms with E-state index in [0.717, 1.165) is 60.4 Å². The fourth-order valence-corrected chi connectivity index (χ4v) is 5.73. The molecule has 1 aromatic carbocycles. The Labute approximate surface area is 195 Å². The predicted octanol–water partition coefficient (Wildman–Crippen LogP) is 6.39. The molecule has 0 bridgehead atoms. The van der Waals surface area contributed by atoms with E-state index in [0.29, 0.717) is 30.0 Å². The zero-order valence-corrected chi connectivity index (χ0v) is 20.5. The zero-order valence-electron chi connectivity index (χ0n) is 18.2. The van der Waals surface area contributed by atoms with Crippen molar-refractivity contribution < 1.29 is 9.53 Å². The van der Waals surface area contributed by atoms with Crippen molar-refractivity contribution in [3.05, 3.63) is 27.7 Å². The third-order valence-corrected chi connectivity index (χ3v) is 8.05. The molecule has 0 amide bonds. The van der Waals surface area contributed by atoms with E-state index in [1.54, 1.807) is 6.07 Å². The molecule has 0 radical (unpaired) electrons. The molecule has 3 rings (SSSR count). The van der Waals surface area contributed by atoms with Gasteiger partial charge in [-0.2, -0.15) is 0 Å². The number of carbonyl (C=O) groups excluding carboxylic acids is 1. The molecule has 1 aromatic rings. The Hall–Kier alpha value is -0.780. The fraction of sp³-hybridized carbons (Fsp3) is 0.708. The van der Waals surface area contributed by atoms with Crippen LogP contribution in [0.4, 0.5) is 5.69 Å². The molecule has 168 valence electrons. The maximum absolute atomic E-state index is 12.8. The molecule has 4 nitrogen and oxygen atoms in total. The molecule has 0 spiro atoms. The number of esters is 1. The van der Waals surface area contributed by atoms with Crippen LogP contribution in [0.25, 0.3) is 0 Å². The highest BCUT2D eigenvalue weighted by Crippen LogP contribution is 2.31. The lowest BCUT2D eigenvalue weighted by Gasteiger charge is -2.34. The molecule has 30 heavy (non-hydrogen) atoms. The molecule has 2 saturated carbocycles. The summed E-state index contributed by atoms with van der Waals surface area (Å²) in [6.45, 7) is 4.46. The van der Waals surface area contributed by atoms with Gasteiger partial charge in [0.05, 0.1) is 17.9 Å². The van der Waals surface area contributed by atoms with Crippen LogP contribution in [0.5, 0.6) is 0 Å². The smallest absolute Gasteiger partial charge is 0.338 e. The van der Waals surface area contributed by atoms with E-state index < -0.39 is 0 Å². The first-order chi connectivity index (χ1) is 14.5. The number of ether oxygens (including phenoxy) is 1. The number of nitrogen functional groups attached to an aromatic ring is 1. The quantitative estimate of drug-likeness (QED) is 0.256.